The van der Waals surface area contributed by atoms with Gasteiger partial charge < -0.3 is 14.8 Å². The molecule has 0 radical (unpaired) electrons. The lowest BCUT2D eigenvalue weighted by Crippen LogP contribution is -2.24. The number of carbonyl (C=O) groups excluding carboxylic acids is 1. The number of rotatable bonds is 8. The average molecular weight is 356 g/mol. The molecule has 0 aliphatic rings. The highest BCUT2D eigenvalue weighted by atomic mass is 32.1. The molecule has 1 aromatic heterocycles. The first-order valence-corrected chi connectivity index (χ1v) is 8.21. The summed E-state index contributed by atoms with van der Waals surface area (Å²) in [6.45, 7) is -0.651. The van der Waals surface area contributed by atoms with Crippen LogP contribution in [0.3, 0.4) is 0 Å². The van der Waals surface area contributed by atoms with Crippen LogP contribution in [0.5, 0.6) is 11.5 Å². The van der Waals surface area contributed by atoms with Crippen LogP contribution in [0.2, 0.25) is 0 Å². The van der Waals surface area contributed by atoms with Crippen LogP contribution in [0.1, 0.15) is 23.2 Å². The second-order valence-electron chi connectivity index (χ2n) is 4.90. The predicted octanol–water partition coefficient (Wildman–Crippen LogP) is 3.17. The number of methoxy groups -OCH3 is 1. The maximum absolute atomic E-state index is 12.3. The number of thiazole rings is 1. The van der Waals surface area contributed by atoms with E-state index in [2.05, 4.69) is 15.0 Å². The Morgan fingerprint density at radius 2 is 2.17 bits per heavy atom. The molecule has 8 heteroatoms. The zero-order chi connectivity index (χ0) is 17.5. The predicted molar refractivity (Wildman–Crippen MR) is 86.7 cm³/mol. The highest BCUT2D eigenvalue weighted by Gasteiger charge is 2.12. The van der Waals surface area contributed by atoms with Gasteiger partial charge in [0, 0.05) is 11.9 Å². The minimum absolute atomic E-state index is 0.0443. The van der Waals surface area contributed by atoms with Crippen LogP contribution < -0.4 is 14.8 Å². The lowest BCUT2D eigenvalue weighted by molar-refractivity contribution is -0.120. The van der Waals surface area contributed by atoms with E-state index >= 15 is 0 Å². The minimum Gasteiger partial charge on any atom is -0.493 e. The fraction of sp³-hybridized carbons (Fsp3) is 0.375. The molecule has 5 nitrogen and oxygen atoms in total. The fourth-order valence-corrected chi connectivity index (χ4v) is 2.78. The van der Waals surface area contributed by atoms with E-state index in [1.165, 1.54) is 24.5 Å². The fourth-order valence-electron chi connectivity index (χ4n) is 2.04. The Labute approximate surface area is 142 Å². The monoisotopic (exact) mass is 356 g/mol. The molecule has 0 fully saturated rings. The van der Waals surface area contributed by atoms with Crippen molar-refractivity contribution in [3.8, 4) is 11.5 Å². The van der Waals surface area contributed by atoms with E-state index in [0.29, 0.717) is 5.56 Å². The zero-order valence-electron chi connectivity index (χ0n) is 13.3. The van der Waals surface area contributed by atoms with Crippen LogP contribution in [-0.4, -0.2) is 24.6 Å². The Morgan fingerprint density at radius 3 is 2.79 bits per heavy atom. The van der Waals surface area contributed by atoms with Crippen molar-refractivity contribution >= 4 is 17.2 Å². The molecule has 1 amide bonds. The standard InChI is InChI=1S/C16H18F2N2O3S/c1-3-15-20-11(9-24-15)7-14(21)19-8-10-4-5-12(23-16(17)18)13(6-10)22-2/h4-6,9,16H,3,7-8H2,1-2H3,(H,19,21). The van der Waals surface area contributed by atoms with Gasteiger partial charge in [0.05, 0.1) is 24.2 Å². The number of aromatic nitrogens is 1. The third kappa shape index (κ3) is 5.16. The molecule has 0 saturated carbocycles. The van der Waals surface area contributed by atoms with Crippen LogP contribution >= 0.6 is 11.3 Å². The Morgan fingerprint density at radius 1 is 1.38 bits per heavy atom. The molecule has 0 atom stereocenters. The molecule has 1 aromatic carbocycles. The topological polar surface area (TPSA) is 60.5 Å². The number of benzene rings is 1. The first-order valence-electron chi connectivity index (χ1n) is 7.33. The lowest BCUT2D eigenvalue weighted by Gasteiger charge is -2.11. The summed E-state index contributed by atoms with van der Waals surface area (Å²) in [5.74, 6) is -0.0129. The minimum atomic E-state index is -2.92. The number of aryl methyl sites for hydroxylation is 1. The Bertz CT molecular complexity index is 692. The summed E-state index contributed by atoms with van der Waals surface area (Å²) < 4.78 is 34.0. The molecule has 0 unspecified atom stereocenters. The van der Waals surface area contributed by atoms with Gasteiger partial charge in [0.25, 0.3) is 0 Å². The van der Waals surface area contributed by atoms with Gasteiger partial charge in [0.2, 0.25) is 5.91 Å². The Hall–Kier alpha value is -2.22. The number of nitrogens with one attached hydrogen (secondary N) is 1. The number of alkyl halides is 2. The maximum atomic E-state index is 12.3. The highest BCUT2D eigenvalue weighted by molar-refractivity contribution is 7.09. The SMILES string of the molecule is CCc1nc(CC(=O)NCc2ccc(OC(F)F)c(OC)c2)cs1. The van der Waals surface area contributed by atoms with E-state index in [0.717, 1.165) is 17.1 Å². The van der Waals surface area contributed by atoms with E-state index in [9.17, 15) is 13.6 Å². The van der Waals surface area contributed by atoms with E-state index in [4.69, 9.17) is 4.74 Å². The lowest BCUT2D eigenvalue weighted by atomic mass is 10.2. The van der Waals surface area contributed by atoms with Gasteiger partial charge in [-0.1, -0.05) is 13.0 Å². The Balaban J connectivity index is 1.92. The van der Waals surface area contributed by atoms with Crippen LogP contribution in [0.15, 0.2) is 23.6 Å². The van der Waals surface area contributed by atoms with Crippen molar-refractivity contribution in [3.05, 3.63) is 39.8 Å². The van der Waals surface area contributed by atoms with Crippen molar-refractivity contribution in [1.29, 1.82) is 0 Å². The molecule has 130 valence electrons. The van der Waals surface area contributed by atoms with E-state index in [-0.39, 0.29) is 30.4 Å². The molecular weight excluding hydrogens is 338 g/mol. The molecule has 1 N–H and O–H groups in total. The van der Waals surface area contributed by atoms with Crippen molar-refractivity contribution in [2.75, 3.05) is 7.11 Å². The van der Waals surface area contributed by atoms with Gasteiger partial charge in [-0.05, 0) is 24.1 Å². The van der Waals surface area contributed by atoms with E-state index in [1.54, 1.807) is 12.1 Å². The molecule has 0 spiro atoms. The quantitative estimate of drug-likeness (QED) is 0.789. The van der Waals surface area contributed by atoms with Crippen molar-refractivity contribution in [2.45, 2.75) is 32.9 Å². The van der Waals surface area contributed by atoms with Crippen molar-refractivity contribution in [2.24, 2.45) is 0 Å². The van der Waals surface area contributed by atoms with Gasteiger partial charge in [-0.15, -0.1) is 11.3 Å². The van der Waals surface area contributed by atoms with Gasteiger partial charge in [-0.2, -0.15) is 8.78 Å². The number of amides is 1. The summed E-state index contributed by atoms with van der Waals surface area (Å²) >= 11 is 1.53. The van der Waals surface area contributed by atoms with Gasteiger partial charge >= 0.3 is 6.61 Å². The number of halogens is 2. The molecule has 0 bridgehead atoms. The third-order valence-electron chi connectivity index (χ3n) is 3.18. The molecular formula is C16H18F2N2O3S. The molecule has 24 heavy (non-hydrogen) atoms. The number of hydrogen-bond acceptors (Lipinski definition) is 5. The molecule has 0 aliphatic carbocycles. The summed E-state index contributed by atoms with van der Waals surface area (Å²) in [6, 6.07) is 4.54. The van der Waals surface area contributed by atoms with E-state index < -0.39 is 6.61 Å². The normalized spacial score (nSPS) is 10.7. The Kier molecular flexibility index (Phi) is 6.48. The molecule has 2 rings (SSSR count). The van der Waals surface area contributed by atoms with Gasteiger partial charge in [0.1, 0.15) is 0 Å². The number of nitrogens with zero attached hydrogens (tertiary/aromatic N) is 1. The van der Waals surface area contributed by atoms with Crippen molar-refractivity contribution in [3.63, 3.8) is 0 Å². The second-order valence-corrected chi connectivity index (χ2v) is 5.85. The number of ether oxygens (including phenoxy) is 2. The van der Waals surface area contributed by atoms with Crippen molar-refractivity contribution in [1.82, 2.24) is 10.3 Å². The summed E-state index contributed by atoms with van der Waals surface area (Å²) in [5.41, 5.74) is 1.46. The first kappa shape index (κ1) is 18.1. The van der Waals surface area contributed by atoms with Crippen LogP contribution in [-0.2, 0) is 24.2 Å². The van der Waals surface area contributed by atoms with E-state index in [1.807, 2.05) is 12.3 Å². The first-order chi connectivity index (χ1) is 11.5. The summed E-state index contributed by atoms with van der Waals surface area (Å²) in [7, 11) is 1.36. The van der Waals surface area contributed by atoms with Crippen LogP contribution in [0.25, 0.3) is 0 Å². The van der Waals surface area contributed by atoms with Crippen molar-refractivity contribution < 1.29 is 23.0 Å². The second kappa shape index (κ2) is 8.58. The summed E-state index contributed by atoms with van der Waals surface area (Å²) in [6.07, 6.45) is 1.05. The average Bonchev–Trinajstić information content (AvgIpc) is 3.01. The molecule has 2 aromatic rings. The molecule has 1 heterocycles. The zero-order valence-corrected chi connectivity index (χ0v) is 14.2. The number of hydrogen-bond donors (Lipinski definition) is 1. The summed E-state index contributed by atoms with van der Waals surface area (Å²) in [5, 5.41) is 5.64. The number of carbonyl (C=O) groups is 1. The van der Waals surface area contributed by atoms with Crippen LogP contribution in [0.4, 0.5) is 8.78 Å². The van der Waals surface area contributed by atoms with Gasteiger partial charge in [-0.3, -0.25) is 4.79 Å². The van der Waals surface area contributed by atoms with Crippen LogP contribution in [0, 0.1) is 0 Å². The molecule has 0 aliphatic heterocycles. The smallest absolute Gasteiger partial charge is 0.387 e. The maximum Gasteiger partial charge on any atom is 0.387 e. The third-order valence-corrected chi connectivity index (χ3v) is 4.22. The summed E-state index contributed by atoms with van der Waals surface area (Å²) in [4.78, 5) is 16.3. The highest BCUT2D eigenvalue weighted by Crippen LogP contribution is 2.29. The van der Waals surface area contributed by atoms with Gasteiger partial charge in [-0.25, -0.2) is 4.98 Å². The van der Waals surface area contributed by atoms with Gasteiger partial charge in [0.15, 0.2) is 11.5 Å². The largest absolute Gasteiger partial charge is 0.493 e. The molecule has 0 saturated heterocycles.